The van der Waals surface area contributed by atoms with E-state index in [0.29, 0.717) is 12.3 Å². The van der Waals surface area contributed by atoms with Crippen LogP contribution in [-0.2, 0) is 9.53 Å². The van der Waals surface area contributed by atoms with Crippen LogP contribution in [0.3, 0.4) is 0 Å². The monoisotopic (exact) mass is 226 g/mol. The zero-order valence-electron chi connectivity index (χ0n) is 10.2. The number of unbranched alkanes of at least 4 members (excludes halogenated alkanes) is 1. The van der Waals surface area contributed by atoms with Crippen molar-refractivity contribution in [1.29, 1.82) is 0 Å². The van der Waals surface area contributed by atoms with Crippen LogP contribution in [0.15, 0.2) is 12.2 Å². The minimum Gasteiger partial charge on any atom is -0.462 e. The van der Waals surface area contributed by atoms with E-state index in [1.165, 1.54) is 0 Å². The highest BCUT2D eigenvalue weighted by atomic mass is 16.5. The maximum Gasteiger partial charge on any atom is 0.306 e. The molecule has 0 bridgehead atoms. The number of allylic oxidation sites excluding steroid dienone is 1. The average Bonchev–Trinajstić information content (AvgIpc) is 2.50. The summed E-state index contributed by atoms with van der Waals surface area (Å²) in [4.78, 5) is 11.0. The Labute approximate surface area is 97.5 Å². The number of hydrogen-bond donors (Lipinski definition) is 1. The molecule has 0 radical (unpaired) electrons. The van der Waals surface area contributed by atoms with E-state index in [1.807, 2.05) is 6.92 Å². The first-order valence-corrected chi connectivity index (χ1v) is 6.12. The van der Waals surface area contributed by atoms with Crippen molar-refractivity contribution in [2.24, 2.45) is 5.92 Å². The second-order valence-electron chi connectivity index (χ2n) is 4.70. The van der Waals surface area contributed by atoms with Gasteiger partial charge in [-0.25, -0.2) is 0 Å². The highest BCUT2D eigenvalue weighted by Gasteiger charge is 2.29. The van der Waals surface area contributed by atoms with Crippen molar-refractivity contribution < 1.29 is 14.6 Å². The van der Waals surface area contributed by atoms with E-state index in [0.717, 1.165) is 25.7 Å². The lowest BCUT2D eigenvalue weighted by Gasteiger charge is -2.10. The minimum atomic E-state index is -0.204. The largest absolute Gasteiger partial charge is 0.462 e. The fourth-order valence-corrected chi connectivity index (χ4v) is 1.89. The maximum atomic E-state index is 11.0. The first-order valence-electron chi connectivity index (χ1n) is 6.12. The second kappa shape index (κ2) is 6.69. The van der Waals surface area contributed by atoms with Gasteiger partial charge in [-0.15, -0.1) is 0 Å². The van der Waals surface area contributed by atoms with Gasteiger partial charge < -0.3 is 9.84 Å². The van der Waals surface area contributed by atoms with E-state index in [2.05, 4.69) is 19.1 Å². The summed E-state index contributed by atoms with van der Waals surface area (Å²) in [5.41, 5.74) is 0. The van der Waals surface area contributed by atoms with E-state index >= 15 is 0 Å². The number of rotatable bonds is 6. The smallest absolute Gasteiger partial charge is 0.306 e. The molecule has 1 heterocycles. The molecule has 0 aromatic rings. The summed E-state index contributed by atoms with van der Waals surface area (Å²) in [5.74, 6) is 0.273. The van der Waals surface area contributed by atoms with Crippen molar-refractivity contribution in [1.82, 2.24) is 0 Å². The molecule has 0 aromatic heterocycles. The number of cyclic esters (lactones) is 1. The SMILES string of the molecule is C[C@H](O)CCC/C=C\C[C@@H]1OC(=O)C[C@H]1C. The topological polar surface area (TPSA) is 46.5 Å². The van der Waals surface area contributed by atoms with E-state index in [4.69, 9.17) is 9.84 Å². The molecule has 3 nitrogen and oxygen atoms in total. The highest BCUT2D eigenvalue weighted by Crippen LogP contribution is 2.24. The molecular weight excluding hydrogens is 204 g/mol. The standard InChI is InChI=1S/C13H22O3/c1-10-9-13(15)16-12(10)8-6-4-3-5-7-11(2)14/h4,6,10-12,14H,3,5,7-9H2,1-2H3/b6-4-/t10-,11+,12+/m1/s1. The van der Waals surface area contributed by atoms with Crippen LogP contribution < -0.4 is 0 Å². The first-order chi connectivity index (χ1) is 7.59. The second-order valence-corrected chi connectivity index (χ2v) is 4.70. The van der Waals surface area contributed by atoms with E-state index < -0.39 is 0 Å². The fourth-order valence-electron chi connectivity index (χ4n) is 1.89. The summed E-state index contributed by atoms with van der Waals surface area (Å²) < 4.78 is 5.19. The molecule has 1 aliphatic heterocycles. The van der Waals surface area contributed by atoms with Gasteiger partial charge >= 0.3 is 5.97 Å². The van der Waals surface area contributed by atoms with Crippen molar-refractivity contribution in [3.63, 3.8) is 0 Å². The third-order valence-electron chi connectivity index (χ3n) is 2.93. The van der Waals surface area contributed by atoms with Gasteiger partial charge in [0, 0.05) is 12.3 Å². The summed E-state index contributed by atoms with van der Waals surface area (Å²) in [6.45, 7) is 3.86. The number of ether oxygens (including phenoxy) is 1. The summed E-state index contributed by atoms with van der Waals surface area (Å²) in [6, 6.07) is 0. The van der Waals surface area contributed by atoms with Crippen LogP contribution in [0.5, 0.6) is 0 Å². The molecule has 3 atom stereocenters. The van der Waals surface area contributed by atoms with Gasteiger partial charge in [0.15, 0.2) is 0 Å². The van der Waals surface area contributed by atoms with Gasteiger partial charge in [-0.05, 0) is 26.2 Å². The lowest BCUT2D eigenvalue weighted by molar-refractivity contribution is -0.141. The van der Waals surface area contributed by atoms with Gasteiger partial charge in [-0.3, -0.25) is 4.79 Å². The molecule has 1 saturated heterocycles. The molecule has 0 spiro atoms. The molecule has 1 rings (SSSR count). The number of hydrogen-bond acceptors (Lipinski definition) is 3. The van der Waals surface area contributed by atoms with Crippen molar-refractivity contribution in [2.75, 3.05) is 0 Å². The van der Waals surface area contributed by atoms with Crippen LogP contribution in [0.4, 0.5) is 0 Å². The predicted molar refractivity (Wildman–Crippen MR) is 62.9 cm³/mol. The summed E-state index contributed by atoms with van der Waals surface area (Å²) >= 11 is 0. The molecule has 0 unspecified atom stereocenters. The van der Waals surface area contributed by atoms with E-state index in [-0.39, 0.29) is 18.2 Å². The fraction of sp³-hybridized carbons (Fsp3) is 0.769. The zero-order chi connectivity index (χ0) is 12.0. The number of esters is 1. The Hall–Kier alpha value is -0.830. The Morgan fingerprint density at radius 3 is 2.88 bits per heavy atom. The summed E-state index contributed by atoms with van der Waals surface area (Å²) in [6.07, 6.45) is 8.28. The molecule has 1 aliphatic rings. The Morgan fingerprint density at radius 1 is 1.56 bits per heavy atom. The van der Waals surface area contributed by atoms with Crippen LogP contribution >= 0.6 is 0 Å². The van der Waals surface area contributed by atoms with Crippen molar-refractivity contribution in [3.05, 3.63) is 12.2 Å². The molecule has 0 amide bonds. The average molecular weight is 226 g/mol. The normalized spacial score (nSPS) is 27.3. The Morgan fingerprint density at radius 2 is 2.31 bits per heavy atom. The zero-order valence-corrected chi connectivity index (χ0v) is 10.2. The van der Waals surface area contributed by atoms with Gasteiger partial charge in [-0.2, -0.15) is 0 Å². The van der Waals surface area contributed by atoms with E-state index in [1.54, 1.807) is 0 Å². The third kappa shape index (κ3) is 4.79. The van der Waals surface area contributed by atoms with Gasteiger partial charge in [0.1, 0.15) is 6.10 Å². The predicted octanol–water partition coefficient (Wildman–Crippen LogP) is 2.44. The van der Waals surface area contributed by atoms with Crippen molar-refractivity contribution >= 4 is 5.97 Å². The number of aliphatic hydroxyl groups is 1. The number of aliphatic hydroxyl groups excluding tert-OH is 1. The Kier molecular flexibility index (Phi) is 5.53. The summed E-state index contributed by atoms with van der Waals surface area (Å²) in [5, 5.41) is 9.06. The van der Waals surface area contributed by atoms with Gasteiger partial charge in [0.2, 0.25) is 0 Å². The molecule has 0 saturated carbocycles. The molecule has 3 heteroatoms. The van der Waals surface area contributed by atoms with Crippen molar-refractivity contribution in [3.8, 4) is 0 Å². The molecule has 1 N–H and O–H groups in total. The van der Waals surface area contributed by atoms with Crippen molar-refractivity contribution in [2.45, 2.75) is 58.2 Å². The maximum absolute atomic E-state index is 11.0. The molecule has 16 heavy (non-hydrogen) atoms. The highest BCUT2D eigenvalue weighted by molar-refractivity contribution is 5.72. The van der Waals surface area contributed by atoms with Gasteiger partial charge in [-0.1, -0.05) is 19.1 Å². The Bertz CT molecular complexity index is 246. The van der Waals surface area contributed by atoms with Crippen LogP contribution in [0.1, 0.15) is 46.0 Å². The third-order valence-corrected chi connectivity index (χ3v) is 2.93. The van der Waals surface area contributed by atoms with Crippen LogP contribution in [-0.4, -0.2) is 23.3 Å². The number of carbonyl (C=O) groups excluding carboxylic acids is 1. The van der Waals surface area contributed by atoms with Gasteiger partial charge in [0.25, 0.3) is 0 Å². The first kappa shape index (κ1) is 13.2. The van der Waals surface area contributed by atoms with Crippen LogP contribution in [0.25, 0.3) is 0 Å². The minimum absolute atomic E-state index is 0.0694. The number of carbonyl (C=O) groups is 1. The molecule has 0 aromatic carbocycles. The van der Waals surface area contributed by atoms with Crippen LogP contribution in [0, 0.1) is 5.92 Å². The lowest BCUT2D eigenvalue weighted by atomic mass is 10.0. The Balaban J connectivity index is 2.10. The quantitative estimate of drug-likeness (QED) is 0.430. The van der Waals surface area contributed by atoms with Crippen LogP contribution in [0.2, 0.25) is 0 Å². The lowest BCUT2D eigenvalue weighted by Crippen LogP contribution is -2.11. The van der Waals surface area contributed by atoms with Gasteiger partial charge in [0.05, 0.1) is 12.5 Å². The molecule has 0 aliphatic carbocycles. The molecule has 92 valence electrons. The summed E-state index contributed by atoms with van der Waals surface area (Å²) in [7, 11) is 0. The van der Waals surface area contributed by atoms with E-state index in [9.17, 15) is 4.79 Å². The molecule has 1 fully saturated rings. The molecular formula is C13H22O3.